The Morgan fingerprint density at radius 3 is 1.06 bits per heavy atom. The first-order chi connectivity index (χ1) is 8.02. The number of rotatable bonds is 4. The van der Waals surface area contributed by atoms with Crippen LogP contribution in [0.5, 0.6) is 0 Å². The zero-order chi connectivity index (χ0) is 14.5. The third-order valence-corrected chi connectivity index (χ3v) is 4.36. The van der Waals surface area contributed by atoms with Crippen molar-refractivity contribution in [2.24, 2.45) is 11.8 Å². The molecule has 4 atom stereocenters. The lowest BCUT2D eigenvalue weighted by Gasteiger charge is -2.54. The largest absolute Gasteiger partial charge is 0.481 e. The van der Waals surface area contributed by atoms with Crippen LogP contribution in [0.25, 0.3) is 0 Å². The molecule has 1 fully saturated rings. The molecule has 0 heterocycles. The third-order valence-electron chi connectivity index (χ3n) is 2.87. The molecule has 0 bridgehead atoms. The SMILES string of the molecule is O=C(O)C1C(C(=O)O)C(Cl)(C(=O)O)C1(Cl)C(=O)O. The van der Waals surface area contributed by atoms with E-state index in [2.05, 4.69) is 0 Å². The van der Waals surface area contributed by atoms with Gasteiger partial charge in [0, 0.05) is 0 Å². The van der Waals surface area contributed by atoms with Gasteiger partial charge in [-0.1, -0.05) is 0 Å². The monoisotopic (exact) mass is 300 g/mol. The quantitative estimate of drug-likeness (QED) is 0.509. The lowest BCUT2D eigenvalue weighted by molar-refractivity contribution is -0.183. The highest BCUT2D eigenvalue weighted by Gasteiger charge is 2.83. The fourth-order valence-corrected chi connectivity index (χ4v) is 2.85. The van der Waals surface area contributed by atoms with Gasteiger partial charge in [0.1, 0.15) is 11.8 Å². The van der Waals surface area contributed by atoms with Crippen molar-refractivity contribution in [1.29, 1.82) is 0 Å². The summed E-state index contributed by atoms with van der Waals surface area (Å²) in [4.78, 5) is 37.8. The van der Waals surface area contributed by atoms with Crippen molar-refractivity contribution in [2.75, 3.05) is 0 Å². The number of hydrogen-bond donors (Lipinski definition) is 4. The van der Waals surface area contributed by atoms with Crippen molar-refractivity contribution in [1.82, 2.24) is 0 Å². The Morgan fingerprint density at radius 2 is 0.944 bits per heavy atom. The first-order valence-electron chi connectivity index (χ1n) is 4.33. The van der Waals surface area contributed by atoms with Crippen molar-refractivity contribution in [2.45, 2.75) is 9.75 Å². The second-order valence-corrected chi connectivity index (χ2v) is 4.86. The van der Waals surface area contributed by atoms with Crippen LogP contribution in [0.4, 0.5) is 0 Å². The van der Waals surface area contributed by atoms with Crippen LogP contribution in [0, 0.1) is 11.8 Å². The molecule has 0 saturated heterocycles. The highest BCUT2D eigenvalue weighted by molar-refractivity contribution is 6.51. The van der Waals surface area contributed by atoms with Crippen LogP contribution in [0.3, 0.4) is 0 Å². The van der Waals surface area contributed by atoms with E-state index in [4.69, 9.17) is 43.6 Å². The molecule has 1 aliphatic rings. The van der Waals surface area contributed by atoms with Crippen molar-refractivity contribution in [3.63, 3.8) is 0 Å². The van der Waals surface area contributed by atoms with E-state index in [0.717, 1.165) is 0 Å². The summed E-state index contributed by atoms with van der Waals surface area (Å²) < 4.78 is 0. The molecule has 0 aliphatic heterocycles. The lowest BCUT2D eigenvalue weighted by atomic mass is 9.55. The minimum atomic E-state index is -2.94. The maximum Gasteiger partial charge on any atom is 0.328 e. The molecule has 4 N–H and O–H groups in total. The topological polar surface area (TPSA) is 149 Å². The summed E-state index contributed by atoms with van der Waals surface area (Å²) in [7, 11) is 0. The third kappa shape index (κ3) is 1.39. The van der Waals surface area contributed by atoms with Crippen LogP contribution in [0.1, 0.15) is 0 Å². The van der Waals surface area contributed by atoms with Gasteiger partial charge in [-0.05, 0) is 0 Å². The Hall–Kier alpha value is -1.54. The van der Waals surface area contributed by atoms with E-state index in [-0.39, 0.29) is 0 Å². The van der Waals surface area contributed by atoms with E-state index in [1.165, 1.54) is 0 Å². The molecule has 100 valence electrons. The zero-order valence-electron chi connectivity index (χ0n) is 8.33. The highest BCUT2D eigenvalue weighted by Crippen LogP contribution is 2.61. The molecule has 10 heteroatoms. The number of carboxylic acid groups (broad SMARTS) is 4. The molecule has 8 nitrogen and oxygen atoms in total. The first-order valence-corrected chi connectivity index (χ1v) is 5.08. The maximum absolute atomic E-state index is 11.0. The van der Waals surface area contributed by atoms with Gasteiger partial charge in [0.15, 0.2) is 9.75 Å². The van der Waals surface area contributed by atoms with Gasteiger partial charge >= 0.3 is 23.9 Å². The molecular weight excluding hydrogens is 295 g/mol. The molecule has 0 aromatic heterocycles. The zero-order valence-corrected chi connectivity index (χ0v) is 9.84. The molecule has 0 aromatic rings. The van der Waals surface area contributed by atoms with Gasteiger partial charge in [-0.2, -0.15) is 0 Å². The van der Waals surface area contributed by atoms with Gasteiger partial charge in [-0.25, -0.2) is 0 Å². The van der Waals surface area contributed by atoms with Crippen molar-refractivity contribution in [3.05, 3.63) is 0 Å². The van der Waals surface area contributed by atoms with E-state index < -0.39 is 45.5 Å². The Balaban J connectivity index is 3.48. The van der Waals surface area contributed by atoms with E-state index in [0.29, 0.717) is 0 Å². The smallest absolute Gasteiger partial charge is 0.328 e. The Bertz CT molecular complexity index is 420. The molecule has 0 amide bonds. The average molecular weight is 301 g/mol. The van der Waals surface area contributed by atoms with E-state index >= 15 is 0 Å². The predicted octanol–water partition coefficient (Wildman–Crippen LogP) is -0.474. The summed E-state index contributed by atoms with van der Waals surface area (Å²) in [5, 5.41) is 35.3. The molecule has 0 radical (unpaired) electrons. The second kappa shape index (κ2) is 3.99. The van der Waals surface area contributed by atoms with Crippen LogP contribution in [-0.4, -0.2) is 54.1 Å². The van der Waals surface area contributed by atoms with Crippen LogP contribution < -0.4 is 0 Å². The van der Waals surface area contributed by atoms with Gasteiger partial charge in [0.2, 0.25) is 0 Å². The number of alkyl halides is 2. The Morgan fingerprint density at radius 1 is 0.722 bits per heavy atom. The van der Waals surface area contributed by atoms with Crippen LogP contribution in [-0.2, 0) is 19.2 Å². The number of hydrogen-bond acceptors (Lipinski definition) is 4. The van der Waals surface area contributed by atoms with Crippen LogP contribution in [0.15, 0.2) is 0 Å². The Labute approximate surface area is 109 Å². The molecule has 0 spiro atoms. The van der Waals surface area contributed by atoms with Crippen LogP contribution >= 0.6 is 23.2 Å². The van der Waals surface area contributed by atoms with E-state index in [9.17, 15) is 19.2 Å². The number of halogens is 2. The van der Waals surface area contributed by atoms with Gasteiger partial charge in [-0.15, -0.1) is 23.2 Å². The molecule has 18 heavy (non-hydrogen) atoms. The fraction of sp³-hybridized carbons (Fsp3) is 0.500. The van der Waals surface area contributed by atoms with Crippen LogP contribution in [0.2, 0.25) is 0 Å². The maximum atomic E-state index is 11.0. The number of carbonyl (C=O) groups is 4. The average Bonchev–Trinajstić information content (AvgIpc) is 2.21. The predicted molar refractivity (Wildman–Crippen MR) is 54.7 cm³/mol. The minimum absolute atomic E-state index is 1.85. The van der Waals surface area contributed by atoms with Gasteiger partial charge < -0.3 is 20.4 Å². The molecule has 4 unspecified atom stereocenters. The summed E-state index contributed by atoms with van der Waals surface area (Å²) in [5.41, 5.74) is 0. The van der Waals surface area contributed by atoms with E-state index in [1.54, 1.807) is 0 Å². The molecule has 1 saturated carbocycles. The molecular formula is C8H6Cl2O8. The molecule has 1 aliphatic carbocycles. The Kier molecular flexibility index (Phi) is 3.22. The fourth-order valence-electron chi connectivity index (χ4n) is 2.02. The minimum Gasteiger partial charge on any atom is -0.481 e. The summed E-state index contributed by atoms with van der Waals surface area (Å²) in [6, 6.07) is 0. The summed E-state index contributed by atoms with van der Waals surface area (Å²) >= 11 is 11.0. The number of aliphatic carboxylic acids is 4. The van der Waals surface area contributed by atoms with Gasteiger partial charge in [-0.3, -0.25) is 19.2 Å². The van der Waals surface area contributed by atoms with Crippen molar-refractivity contribution >= 4 is 47.1 Å². The normalized spacial score (nSPS) is 38.6. The summed E-state index contributed by atoms with van der Waals surface area (Å²) in [5.74, 6) is -12.0. The second-order valence-electron chi connectivity index (χ2n) is 3.67. The standard InChI is InChI=1S/C8H6Cl2O8/c9-7(5(15)16)1(3(11)12)2(4(13)14)8(7,10)6(17)18/h1-2H,(H,11,12)(H,13,14)(H,15,16)(H,17,18). The first kappa shape index (κ1) is 14.5. The summed E-state index contributed by atoms with van der Waals surface area (Å²) in [6.07, 6.45) is 0. The van der Waals surface area contributed by atoms with E-state index in [1.807, 2.05) is 0 Å². The summed E-state index contributed by atoms with van der Waals surface area (Å²) in [6.45, 7) is 0. The van der Waals surface area contributed by atoms with Gasteiger partial charge in [0.25, 0.3) is 0 Å². The number of carboxylic acids is 4. The van der Waals surface area contributed by atoms with Crippen molar-refractivity contribution in [3.8, 4) is 0 Å². The van der Waals surface area contributed by atoms with Crippen molar-refractivity contribution < 1.29 is 39.6 Å². The molecule has 0 aromatic carbocycles. The molecule has 1 rings (SSSR count). The highest BCUT2D eigenvalue weighted by atomic mass is 35.5. The van der Waals surface area contributed by atoms with Gasteiger partial charge in [0.05, 0.1) is 0 Å². The lowest BCUT2D eigenvalue weighted by Crippen LogP contribution is -2.79.